The van der Waals surface area contributed by atoms with Gasteiger partial charge in [0.15, 0.2) is 0 Å². The zero-order valence-corrected chi connectivity index (χ0v) is 10.6. The van der Waals surface area contributed by atoms with Crippen LogP contribution in [0.25, 0.3) is 0 Å². The lowest BCUT2D eigenvalue weighted by Crippen LogP contribution is -2.14. The van der Waals surface area contributed by atoms with Gasteiger partial charge in [-0.1, -0.05) is 6.07 Å². The van der Waals surface area contributed by atoms with Crippen LogP contribution in [-0.4, -0.2) is 22.0 Å². The summed E-state index contributed by atoms with van der Waals surface area (Å²) in [5.74, 6) is -2.21. The maximum absolute atomic E-state index is 13.1. The molecule has 6 heteroatoms. The Morgan fingerprint density at radius 3 is 2.70 bits per heavy atom. The van der Waals surface area contributed by atoms with Crippen molar-refractivity contribution in [3.8, 4) is 0 Å². The smallest absolute Gasteiger partial charge is 0.354 e. The van der Waals surface area contributed by atoms with Crippen LogP contribution in [0.3, 0.4) is 0 Å². The molecule has 0 unspecified atom stereocenters. The molecular weight excluding hydrogens is 263 g/mol. The summed E-state index contributed by atoms with van der Waals surface area (Å²) in [6, 6.07) is 6.58. The minimum atomic E-state index is -1.19. The molecule has 0 saturated heterocycles. The van der Waals surface area contributed by atoms with Crippen molar-refractivity contribution in [2.24, 2.45) is 0 Å². The number of hydrogen-bond acceptors (Lipinski definition) is 3. The molecule has 0 atom stereocenters. The highest BCUT2D eigenvalue weighted by atomic mass is 19.1. The van der Waals surface area contributed by atoms with E-state index in [9.17, 15) is 14.0 Å². The number of pyridine rings is 1. The van der Waals surface area contributed by atoms with Crippen LogP contribution in [0.15, 0.2) is 36.5 Å². The highest BCUT2D eigenvalue weighted by molar-refractivity contribution is 6.05. The van der Waals surface area contributed by atoms with Gasteiger partial charge in [-0.15, -0.1) is 0 Å². The van der Waals surface area contributed by atoms with Crippen LogP contribution in [-0.2, 0) is 0 Å². The maximum Gasteiger partial charge on any atom is 0.354 e. The maximum atomic E-state index is 13.1. The molecule has 0 radical (unpaired) electrons. The molecule has 0 fully saturated rings. The Morgan fingerprint density at radius 2 is 2.00 bits per heavy atom. The van der Waals surface area contributed by atoms with E-state index in [1.165, 1.54) is 30.5 Å². The van der Waals surface area contributed by atoms with Gasteiger partial charge in [0.05, 0.1) is 0 Å². The lowest BCUT2D eigenvalue weighted by atomic mass is 10.1. The van der Waals surface area contributed by atoms with Crippen molar-refractivity contribution >= 4 is 17.6 Å². The van der Waals surface area contributed by atoms with Gasteiger partial charge < -0.3 is 10.4 Å². The number of nitrogens with zero attached hydrogens (tertiary/aromatic N) is 1. The Balaban J connectivity index is 2.25. The van der Waals surface area contributed by atoms with E-state index in [2.05, 4.69) is 10.3 Å². The number of aryl methyl sites for hydroxylation is 1. The largest absolute Gasteiger partial charge is 0.477 e. The molecule has 5 nitrogen and oxygen atoms in total. The number of amides is 1. The second-order valence-electron chi connectivity index (χ2n) is 4.15. The summed E-state index contributed by atoms with van der Waals surface area (Å²) in [6.07, 6.45) is 1.28. The third kappa shape index (κ3) is 2.97. The molecule has 1 amide bonds. The summed E-state index contributed by atoms with van der Waals surface area (Å²) in [5.41, 5.74) is 0.917. The molecule has 1 aromatic carbocycles. The van der Waals surface area contributed by atoms with Gasteiger partial charge in [0.2, 0.25) is 0 Å². The van der Waals surface area contributed by atoms with Crippen LogP contribution in [0.4, 0.5) is 10.1 Å². The summed E-state index contributed by atoms with van der Waals surface area (Å²) in [6.45, 7) is 1.68. The Labute approximate surface area is 114 Å². The zero-order valence-electron chi connectivity index (χ0n) is 10.6. The van der Waals surface area contributed by atoms with Crippen molar-refractivity contribution in [2.45, 2.75) is 6.92 Å². The number of aromatic carboxylic acids is 1. The number of hydrogen-bond donors (Lipinski definition) is 2. The second kappa shape index (κ2) is 5.48. The predicted molar refractivity (Wildman–Crippen MR) is 70.3 cm³/mol. The molecule has 0 aliphatic rings. The van der Waals surface area contributed by atoms with Crippen molar-refractivity contribution in [3.05, 3.63) is 59.2 Å². The molecule has 0 aliphatic carbocycles. The molecule has 20 heavy (non-hydrogen) atoms. The van der Waals surface area contributed by atoms with Crippen LogP contribution < -0.4 is 5.32 Å². The third-order valence-electron chi connectivity index (χ3n) is 2.68. The fourth-order valence-corrected chi connectivity index (χ4v) is 1.66. The number of carboxylic acid groups (broad SMARTS) is 1. The molecular formula is C14H11FN2O3. The topological polar surface area (TPSA) is 79.3 Å². The lowest BCUT2D eigenvalue weighted by molar-refractivity contribution is 0.0690. The standard InChI is InChI=1S/C14H11FN2O3/c1-8-2-3-9(15)6-11(8)13(18)17-10-4-5-16-12(7-10)14(19)20/h2-7H,1H3,(H,19,20)(H,16,17,18). The summed E-state index contributed by atoms with van der Waals surface area (Å²) < 4.78 is 13.1. The number of nitrogens with one attached hydrogen (secondary N) is 1. The Bertz CT molecular complexity index is 686. The molecule has 2 N–H and O–H groups in total. The van der Waals surface area contributed by atoms with Crippen molar-refractivity contribution in [1.82, 2.24) is 4.98 Å². The van der Waals surface area contributed by atoms with Gasteiger partial charge in [-0.05, 0) is 36.8 Å². The predicted octanol–water partition coefficient (Wildman–Crippen LogP) is 2.48. The van der Waals surface area contributed by atoms with E-state index in [0.717, 1.165) is 6.07 Å². The van der Waals surface area contributed by atoms with Gasteiger partial charge in [0.1, 0.15) is 11.5 Å². The fourth-order valence-electron chi connectivity index (χ4n) is 1.66. The number of carbonyl (C=O) groups excluding carboxylic acids is 1. The van der Waals surface area contributed by atoms with Crippen molar-refractivity contribution < 1.29 is 19.1 Å². The van der Waals surface area contributed by atoms with Crippen LogP contribution >= 0.6 is 0 Å². The van der Waals surface area contributed by atoms with Crippen molar-refractivity contribution in [1.29, 1.82) is 0 Å². The van der Waals surface area contributed by atoms with E-state index in [4.69, 9.17) is 5.11 Å². The number of carboxylic acids is 1. The Kier molecular flexibility index (Phi) is 3.74. The number of benzene rings is 1. The number of halogens is 1. The first kappa shape index (κ1) is 13.7. The van der Waals surface area contributed by atoms with Gasteiger partial charge in [-0.25, -0.2) is 14.2 Å². The minimum Gasteiger partial charge on any atom is -0.477 e. The number of aromatic nitrogens is 1. The fraction of sp³-hybridized carbons (Fsp3) is 0.0714. The second-order valence-corrected chi connectivity index (χ2v) is 4.15. The van der Waals surface area contributed by atoms with E-state index in [0.29, 0.717) is 5.56 Å². The SMILES string of the molecule is Cc1ccc(F)cc1C(=O)Nc1ccnc(C(=O)O)c1. The highest BCUT2D eigenvalue weighted by Gasteiger charge is 2.12. The molecule has 1 heterocycles. The van der Waals surface area contributed by atoms with Crippen molar-refractivity contribution in [3.63, 3.8) is 0 Å². The average molecular weight is 274 g/mol. The minimum absolute atomic E-state index is 0.182. The number of anilines is 1. The summed E-state index contributed by atoms with van der Waals surface area (Å²) in [7, 11) is 0. The molecule has 2 rings (SSSR count). The molecule has 2 aromatic rings. The van der Waals surface area contributed by atoms with E-state index >= 15 is 0 Å². The van der Waals surface area contributed by atoms with Gasteiger partial charge in [0.25, 0.3) is 5.91 Å². The third-order valence-corrected chi connectivity index (χ3v) is 2.68. The summed E-state index contributed by atoms with van der Waals surface area (Å²) >= 11 is 0. The van der Waals surface area contributed by atoms with E-state index in [1.54, 1.807) is 6.92 Å². The first-order valence-electron chi connectivity index (χ1n) is 5.74. The highest BCUT2D eigenvalue weighted by Crippen LogP contribution is 2.14. The van der Waals surface area contributed by atoms with E-state index in [-0.39, 0.29) is 16.9 Å². The summed E-state index contributed by atoms with van der Waals surface area (Å²) in [4.78, 5) is 26.4. The lowest BCUT2D eigenvalue weighted by Gasteiger charge is -2.08. The normalized spacial score (nSPS) is 10.1. The molecule has 0 spiro atoms. The number of carbonyl (C=O) groups is 2. The molecule has 0 saturated carbocycles. The molecule has 0 aliphatic heterocycles. The van der Waals surface area contributed by atoms with Gasteiger partial charge >= 0.3 is 5.97 Å². The molecule has 1 aromatic heterocycles. The molecule has 0 bridgehead atoms. The monoisotopic (exact) mass is 274 g/mol. The van der Waals surface area contributed by atoms with Gasteiger partial charge in [-0.3, -0.25) is 4.79 Å². The van der Waals surface area contributed by atoms with Crippen LogP contribution in [0, 0.1) is 12.7 Å². The Hall–Kier alpha value is -2.76. The first-order valence-corrected chi connectivity index (χ1v) is 5.74. The van der Waals surface area contributed by atoms with Crippen molar-refractivity contribution in [2.75, 3.05) is 5.32 Å². The number of rotatable bonds is 3. The van der Waals surface area contributed by atoms with E-state index in [1.807, 2.05) is 0 Å². The van der Waals surface area contributed by atoms with Crippen LogP contribution in [0.2, 0.25) is 0 Å². The van der Waals surface area contributed by atoms with Crippen LogP contribution in [0.1, 0.15) is 26.4 Å². The molecule has 102 valence electrons. The zero-order chi connectivity index (χ0) is 14.7. The first-order chi connectivity index (χ1) is 9.47. The van der Waals surface area contributed by atoms with Gasteiger partial charge in [-0.2, -0.15) is 0 Å². The Morgan fingerprint density at radius 1 is 1.25 bits per heavy atom. The average Bonchev–Trinajstić information content (AvgIpc) is 2.41. The van der Waals surface area contributed by atoms with Crippen LogP contribution in [0.5, 0.6) is 0 Å². The van der Waals surface area contributed by atoms with E-state index < -0.39 is 17.7 Å². The summed E-state index contributed by atoms with van der Waals surface area (Å²) in [5, 5.41) is 11.3. The van der Waals surface area contributed by atoms with Gasteiger partial charge in [0, 0.05) is 17.4 Å². The quantitative estimate of drug-likeness (QED) is 0.901.